The second kappa shape index (κ2) is 5.09. The third-order valence-electron chi connectivity index (χ3n) is 2.23. The molecule has 0 aliphatic carbocycles. The van der Waals surface area contributed by atoms with Crippen molar-refractivity contribution in [3.05, 3.63) is 30.3 Å². The molecule has 1 heterocycles. The van der Waals surface area contributed by atoms with Crippen molar-refractivity contribution in [1.29, 1.82) is 0 Å². The highest BCUT2D eigenvalue weighted by Gasteiger charge is 2.32. The molecule has 0 unspecified atom stereocenters. The van der Waals surface area contributed by atoms with Crippen molar-refractivity contribution >= 4 is 29.7 Å². The number of hydrogen-bond donors (Lipinski definition) is 3. The van der Waals surface area contributed by atoms with E-state index in [2.05, 4.69) is 10.5 Å². The van der Waals surface area contributed by atoms with Gasteiger partial charge in [0.2, 0.25) is 11.8 Å². The topological polar surface area (TPSA) is 99.7 Å². The predicted octanol–water partition coefficient (Wildman–Crippen LogP) is 0.0665. The maximum absolute atomic E-state index is 11.3. The lowest BCUT2D eigenvalue weighted by Gasteiger charge is -2.16. The summed E-state index contributed by atoms with van der Waals surface area (Å²) in [6.07, 6.45) is 1.14. The van der Waals surface area contributed by atoms with Gasteiger partial charge in [-0.3, -0.25) is 25.6 Å². The zero-order chi connectivity index (χ0) is 13.0. The van der Waals surface area contributed by atoms with E-state index in [4.69, 9.17) is 0 Å². The van der Waals surface area contributed by atoms with Crippen molar-refractivity contribution in [2.24, 2.45) is 11.0 Å². The van der Waals surface area contributed by atoms with Crippen molar-refractivity contribution in [2.75, 3.05) is 5.43 Å². The van der Waals surface area contributed by atoms with E-state index < -0.39 is 23.8 Å². The molecule has 3 N–H and O–H groups in total. The monoisotopic (exact) mass is 246 g/mol. The van der Waals surface area contributed by atoms with Crippen molar-refractivity contribution in [3.63, 3.8) is 0 Å². The smallest absolute Gasteiger partial charge is 0.279 e. The highest BCUT2D eigenvalue weighted by atomic mass is 16.2. The minimum Gasteiger partial charge on any atom is -0.279 e. The Bertz CT molecular complexity index is 492. The second-order valence-electron chi connectivity index (χ2n) is 3.54. The number of hydrazone groups is 1. The van der Waals surface area contributed by atoms with Gasteiger partial charge in [0.15, 0.2) is 5.92 Å². The van der Waals surface area contributed by atoms with Crippen molar-refractivity contribution in [3.8, 4) is 0 Å². The van der Waals surface area contributed by atoms with Crippen LogP contribution in [0.25, 0.3) is 0 Å². The zero-order valence-electron chi connectivity index (χ0n) is 9.21. The van der Waals surface area contributed by atoms with Gasteiger partial charge in [-0.2, -0.15) is 5.10 Å². The molecule has 0 aromatic heterocycles. The standard InChI is InChI=1S/C11H10N4O3/c16-9-8(10(17)14-11(18)13-9)6-12-15-7-4-2-1-3-5-7/h1-6,8,15H,(H2,13,14,16,17,18). The highest BCUT2D eigenvalue weighted by molar-refractivity contribution is 6.23. The molecule has 1 fully saturated rings. The summed E-state index contributed by atoms with van der Waals surface area (Å²) in [6, 6.07) is 8.23. The lowest BCUT2D eigenvalue weighted by Crippen LogP contribution is -2.56. The van der Waals surface area contributed by atoms with Gasteiger partial charge in [0.25, 0.3) is 0 Å². The number of anilines is 1. The third-order valence-corrected chi connectivity index (χ3v) is 2.23. The number of rotatable bonds is 3. The van der Waals surface area contributed by atoms with E-state index in [0.29, 0.717) is 0 Å². The molecule has 1 aliphatic heterocycles. The number of nitrogens with one attached hydrogen (secondary N) is 3. The first-order chi connectivity index (χ1) is 8.66. The largest absolute Gasteiger partial charge is 0.328 e. The average molecular weight is 246 g/mol. The van der Waals surface area contributed by atoms with Gasteiger partial charge < -0.3 is 0 Å². The van der Waals surface area contributed by atoms with Gasteiger partial charge in [0.1, 0.15) is 0 Å². The van der Waals surface area contributed by atoms with Gasteiger partial charge in [0, 0.05) is 6.21 Å². The van der Waals surface area contributed by atoms with Crippen LogP contribution in [-0.4, -0.2) is 24.1 Å². The summed E-state index contributed by atoms with van der Waals surface area (Å²) in [7, 11) is 0. The number of urea groups is 1. The van der Waals surface area contributed by atoms with Crippen molar-refractivity contribution in [2.45, 2.75) is 0 Å². The summed E-state index contributed by atoms with van der Waals surface area (Å²) in [4.78, 5) is 33.5. The molecule has 1 aromatic carbocycles. The molecule has 7 heteroatoms. The number of benzene rings is 1. The summed E-state index contributed by atoms with van der Waals surface area (Å²) < 4.78 is 0. The number of carbonyl (C=O) groups is 3. The summed E-state index contributed by atoms with van der Waals surface area (Å²) >= 11 is 0. The fraction of sp³-hybridized carbons (Fsp3) is 0.0909. The molecule has 0 spiro atoms. The molecule has 0 bridgehead atoms. The molecular formula is C11H10N4O3. The van der Waals surface area contributed by atoms with E-state index in [0.717, 1.165) is 11.9 Å². The SMILES string of the molecule is O=C1NC(=O)C(C=NNc2ccccc2)C(=O)N1. The first-order valence-corrected chi connectivity index (χ1v) is 5.17. The Balaban J connectivity index is 1.98. The fourth-order valence-electron chi connectivity index (χ4n) is 1.36. The second-order valence-corrected chi connectivity index (χ2v) is 3.54. The molecule has 4 amide bonds. The molecule has 0 atom stereocenters. The Hall–Kier alpha value is -2.70. The lowest BCUT2D eigenvalue weighted by atomic mass is 10.1. The van der Waals surface area contributed by atoms with Gasteiger partial charge >= 0.3 is 6.03 Å². The van der Waals surface area contributed by atoms with Crippen LogP contribution in [0.15, 0.2) is 35.4 Å². The van der Waals surface area contributed by atoms with Gasteiger partial charge in [-0.05, 0) is 12.1 Å². The molecule has 1 saturated heterocycles. The summed E-state index contributed by atoms with van der Waals surface area (Å²) in [5.74, 6) is -2.50. The number of amides is 4. The molecule has 7 nitrogen and oxygen atoms in total. The summed E-state index contributed by atoms with van der Waals surface area (Å²) in [5.41, 5.74) is 3.39. The van der Waals surface area contributed by atoms with Crippen molar-refractivity contribution in [1.82, 2.24) is 10.6 Å². The molecule has 2 rings (SSSR count). The normalized spacial score (nSPS) is 16.6. The van der Waals surface area contributed by atoms with E-state index in [9.17, 15) is 14.4 Å². The van der Waals surface area contributed by atoms with Crippen LogP contribution < -0.4 is 16.1 Å². The maximum Gasteiger partial charge on any atom is 0.328 e. The maximum atomic E-state index is 11.3. The summed E-state index contributed by atoms with van der Waals surface area (Å²) in [6.45, 7) is 0. The predicted molar refractivity (Wildman–Crippen MR) is 63.7 cm³/mol. The van der Waals surface area contributed by atoms with Crippen LogP contribution in [0.1, 0.15) is 0 Å². The molecule has 0 saturated carbocycles. The first-order valence-electron chi connectivity index (χ1n) is 5.17. The van der Waals surface area contributed by atoms with Crippen LogP contribution in [0.2, 0.25) is 0 Å². The lowest BCUT2D eigenvalue weighted by molar-refractivity contribution is -0.132. The Morgan fingerprint density at radius 2 is 1.67 bits per heavy atom. The number of carbonyl (C=O) groups excluding carboxylic acids is 3. The van der Waals surface area contributed by atoms with Crippen LogP contribution in [0.4, 0.5) is 10.5 Å². The minimum atomic E-state index is -1.11. The molecule has 0 radical (unpaired) electrons. The Kier molecular flexibility index (Phi) is 3.33. The van der Waals surface area contributed by atoms with Gasteiger partial charge in [-0.15, -0.1) is 0 Å². The van der Waals surface area contributed by atoms with E-state index >= 15 is 0 Å². The summed E-state index contributed by atoms with van der Waals surface area (Å²) in [5, 5.41) is 7.74. The van der Waals surface area contributed by atoms with Crippen LogP contribution in [0.3, 0.4) is 0 Å². The van der Waals surface area contributed by atoms with E-state index in [1.807, 2.05) is 28.8 Å². The van der Waals surface area contributed by atoms with Gasteiger partial charge in [-0.1, -0.05) is 18.2 Å². The van der Waals surface area contributed by atoms with E-state index in [1.165, 1.54) is 0 Å². The molecule has 1 aliphatic rings. The first kappa shape index (κ1) is 11.8. The molecular weight excluding hydrogens is 236 g/mol. The van der Waals surface area contributed by atoms with Gasteiger partial charge in [0.05, 0.1) is 5.69 Å². The highest BCUT2D eigenvalue weighted by Crippen LogP contribution is 2.05. The van der Waals surface area contributed by atoms with Gasteiger partial charge in [-0.25, -0.2) is 4.79 Å². The molecule has 1 aromatic rings. The molecule has 92 valence electrons. The third kappa shape index (κ3) is 2.70. The zero-order valence-corrected chi connectivity index (χ0v) is 9.21. The number of nitrogens with zero attached hydrogens (tertiary/aromatic N) is 1. The quantitative estimate of drug-likeness (QED) is 0.399. The van der Waals surface area contributed by atoms with Crippen molar-refractivity contribution < 1.29 is 14.4 Å². The van der Waals surface area contributed by atoms with Crippen LogP contribution in [0.5, 0.6) is 0 Å². The Labute approximate surface area is 102 Å². The van der Waals surface area contributed by atoms with Crippen LogP contribution in [0, 0.1) is 5.92 Å². The number of para-hydroxylation sites is 1. The molecule has 18 heavy (non-hydrogen) atoms. The minimum absolute atomic E-state index is 0.692. The Morgan fingerprint density at radius 3 is 2.28 bits per heavy atom. The number of hydrogen-bond acceptors (Lipinski definition) is 5. The van der Waals surface area contributed by atoms with Crippen LogP contribution in [-0.2, 0) is 9.59 Å². The van der Waals surface area contributed by atoms with E-state index in [1.54, 1.807) is 12.1 Å². The fourth-order valence-corrected chi connectivity index (χ4v) is 1.36. The number of imide groups is 2. The average Bonchev–Trinajstić information content (AvgIpc) is 2.34. The van der Waals surface area contributed by atoms with Crippen LogP contribution >= 0.6 is 0 Å². The number of barbiturate groups is 1. The Morgan fingerprint density at radius 1 is 1.06 bits per heavy atom. The van der Waals surface area contributed by atoms with E-state index in [-0.39, 0.29) is 0 Å².